The first-order chi connectivity index (χ1) is 11.8. The second kappa shape index (κ2) is 6.65. The molecule has 1 aromatic carbocycles. The monoisotopic (exact) mass is 376 g/mol. The first-order valence-electron chi connectivity index (χ1n) is 7.94. The van der Waals surface area contributed by atoms with Crippen LogP contribution in [0.2, 0.25) is 0 Å². The summed E-state index contributed by atoms with van der Waals surface area (Å²) in [6, 6.07) is 10.8. The molecule has 132 valence electrons. The number of aryl methyl sites for hydroxylation is 1. The zero-order chi connectivity index (χ0) is 18.2. The maximum Gasteiger partial charge on any atom is 0.271 e. The van der Waals surface area contributed by atoms with Crippen LogP contribution in [0.5, 0.6) is 0 Å². The molecule has 0 aliphatic carbocycles. The van der Waals surface area contributed by atoms with Crippen LogP contribution in [0.25, 0.3) is 10.6 Å². The number of thiophene rings is 1. The average molecular weight is 377 g/mol. The Balaban J connectivity index is 1.84. The molecule has 0 spiro atoms. The fourth-order valence-electron chi connectivity index (χ4n) is 2.37. The molecule has 0 atom stereocenters. The number of nitrogens with zero attached hydrogens (tertiary/aromatic N) is 1. The van der Waals surface area contributed by atoms with Gasteiger partial charge in [0.1, 0.15) is 4.21 Å². The van der Waals surface area contributed by atoms with Crippen LogP contribution in [0.1, 0.15) is 36.6 Å². The molecular formula is C18H20N2O3S2. The van der Waals surface area contributed by atoms with Crippen LogP contribution >= 0.6 is 11.3 Å². The molecule has 7 heteroatoms. The van der Waals surface area contributed by atoms with Crippen molar-refractivity contribution >= 4 is 27.0 Å². The van der Waals surface area contributed by atoms with E-state index in [2.05, 4.69) is 23.7 Å². The summed E-state index contributed by atoms with van der Waals surface area (Å²) in [6.45, 7) is 7.96. The summed E-state index contributed by atoms with van der Waals surface area (Å²) in [6.07, 6.45) is 0. The van der Waals surface area contributed by atoms with Crippen LogP contribution in [0, 0.1) is 13.8 Å². The molecule has 2 aromatic heterocycles. The summed E-state index contributed by atoms with van der Waals surface area (Å²) in [5.41, 5.74) is 3.43. The molecule has 0 unspecified atom stereocenters. The third kappa shape index (κ3) is 3.62. The molecule has 0 aliphatic heterocycles. The first kappa shape index (κ1) is 17.7. The topological polar surface area (TPSA) is 72.2 Å². The van der Waals surface area contributed by atoms with Crippen molar-refractivity contribution in [2.75, 3.05) is 4.72 Å². The van der Waals surface area contributed by atoms with Crippen molar-refractivity contribution in [3.05, 3.63) is 53.2 Å². The van der Waals surface area contributed by atoms with E-state index in [1.54, 1.807) is 24.3 Å². The van der Waals surface area contributed by atoms with Crippen molar-refractivity contribution in [2.24, 2.45) is 0 Å². The van der Waals surface area contributed by atoms with E-state index in [1.807, 2.05) is 26.0 Å². The van der Waals surface area contributed by atoms with Crippen molar-refractivity contribution < 1.29 is 12.9 Å². The summed E-state index contributed by atoms with van der Waals surface area (Å²) >= 11 is 1.16. The molecule has 0 bridgehead atoms. The van der Waals surface area contributed by atoms with Crippen molar-refractivity contribution in [2.45, 2.75) is 37.8 Å². The molecule has 0 saturated heterocycles. The largest absolute Gasteiger partial charge is 0.355 e. The van der Waals surface area contributed by atoms with E-state index in [4.69, 9.17) is 4.52 Å². The van der Waals surface area contributed by atoms with Gasteiger partial charge in [-0.25, -0.2) is 8.42 Å². The number of nitrogens with one attached hydrogen (secondary N) is 1. The van der Waals surface area contributed by atoms with E-state index in [-0.39, 0.29) is 4.21 Å². The highest BCUT2D eigenvalue weighted by atomic mass is 32.2. The Morgan fingerprint density at radius 3 is 2.32 bits per heavy atom. The Morgan fingerprint density at radius 2 is 1.76 bits per heavy atom. The fraction of sp³-hybridized carbons (Fsp3) is 0.278. The van der Waals surface area contributed by atoms with Crippen molar-refractivity contribution in [1.82, 2.24) is 5.16 Å². The van der Waals surface area contributed by atoms with Crippen LogP contribution in [0.15, 0.2) is 45.1 Å². The molecule has 0 saturated carbocycles. The third-order valence-corrected chi connectivity index (χ3v) is 7.01. The standard InChI is InChI=1S/C18H20N2O3S2/c1-11(2)14-5-7-15(8-6-14)20-25(21,22)17-10-9-16(24-17)18-12(3)13(4)19-23-18/h5-11,20H,1-4H3. The van der Waals surface area contributed by atoms with Gasteiger partial charge in [0.15, 0.2) is 5.76 Å². The summed E-state index contributed by atoms with van der Waals surface area (Å²) in [4.78, 5) is 0.744. The molecule has 25 heavy (non-hydrogen) atoms. The number of benzene rings is 1. The van der Waals surface area contributed by atoms with Gasteiger partial charge in [-0.3, -0.25) is 4.72 Å². The van der Waals surface area contributed by atoms with Crippen LogP contribution in [-0.4, -0.2) is 13.6 Å². The molecule has 0 aliphatic rings. The zero-order valence-corrected chi connectivity index (χ0v) is 16.2. The number of anilines is 1. The smallest absolute Gasteiger partial charge is 0.271 e. The Hall–Kier alpha value is -2.12. The Labute approximate surface area is 151 Å². The van der Waals surface area contributed by atoms with Gasteiger partial charge in [0.25, 0.3) is 10.0 Å². The number of hydrogen-bond donors (Lipinski definition) is 1. The van der Waals surface area contributed by atoms with Gasteiger partial charge in [-0.2, -0.15) is 0 Å². The van der Waals surface area contributed by atoms with E-state index in [9.17, 15) is 8.42 Å². The normalized spacial score (nSPS) is 11.9. The first-order valence-corrected chi connectivity index (χ1v) is 10.2. The number of rotatable bonds is 5. The molecule has 1 N–H and O–H groups in total. The summed E-state index contributed by atoms with van der Waals surface area (Å²) in [7, 11) is -3.63. The van der Waals surface area contributed by atoms with Crippen LogP contribution < -0.4 is 4.72 Å². The molecule has 2 heterocycles. The lowest BCUT2D eigenvalue weighted by atomic mass is 10.0. The predicted octanol–water partition coefficient (Wildman–Crippen LogP) is 4.94. The number of aromatic nitrogens is 1. The highest BCUT2D eigenvalue weighted by Crippen LogP contribution is 2.34. The van der Waals surface area contributed by atoms with E-state index in [0.29, 0.717) is 17.4 Å². The lowest BCUT2D eigenvalue weighted by Gasteiger charge is -2.09. The maximum atomic E-state index is 12.6. The van der Waals surface area contributed by atoms with E-state index in [1.165, 1.54) is 0 Å². The van der Waals surface area contributed by atoms with Gasteiger partial charge in [0.05, 0.1) is 10.6 Å². The second-order valence-electron chi connectivity index (χ2n) is 6.22. The fourth-order valence-corrected chi connectivity index (χ4v) is 4.77. The molecule has 0 fully saturated rings. The maximum absolute atomic E-state index is 12.6. The number of hydrogen-bond acceptors (Lipinski definition) is 5. The van der Waals surface area contributed by atoms with Gasteiger partial charge in [-0.05, 0) is 49.6 Å². The quantitative estimate of drug-likeness (QED) is 0.684. The van der Waals surface area contributed by atoms with Crippen molar-refractivity contribution in [3.8, 4) is 10.6 Å². The summed E-state index contributed by atoms with van der Waals surface area (Å²) in [5.74, 6) is 1.02. The van der Waals surface area contributed by atoms with Gasteiger partial charge >= 0.3 is 0 Å². The molecule has 0 radical (unpaired) electrons. The minimum absolute atomic E-state index is 0.240. The van der Waals surface area contributed by atoms with Crippen LogP contribution in [0.3, 0.4) is 0 Å². The van der Waals surface area contributed by atoms with E-state index >= 15 is 0 Å². The average Bonchev–Trinajstić information content (AvgIpc) is 3.16. The van der Waals surface area contributed by atoms with Crippen molar-refractivity contribution in [1.29, 1.82) is 0 Å². The Morgan fingerprint density at radius 1 is 1.08 bits per heavy atom. The van der Waals surface area contributed by atoms with Gasteiger partial charge in [0, 0.05) is 11.3 Å². The second-order valence-corrected chi connectivity index (χ2v) is 9.22. The minimum atomic E-state index is -3.63. The Bertz CT molecular complexity index is 984. The molecular weight excluding hydrogens is 356 g/mol. The molecule has 5 nitrogen and oxygen atoms in total. The summed E-state index contributed by atoms with van der Waals surface area (Å²) in [5, 5.41) is 3.92. The van der Waals surface area contributed by atoms with Gasteiger partial charge in [0.2, 0.25) is 0 Å². The van der Waals surface area contributed by atoms with E-state index < -0.39 is 10.0 Å². The molecule has 3 aromatic rings. The molecule has 3 rings (SSSR count). The Kier molecular flexibility index (Phi) is 4.71. The lowest BCUT2D eigenvalue weighted by molar-refractivity contribution is 0.427. The molecule has 0 amide bonds. The van der Waals surface area contributed by atoms with Crippen molar-refractivity contribution in [3.63, 3.8) is 0 Å². The number of sulfonamides is 1. The van der Waals surface area contributed by atoms with Gasteiger partial charge in [-0.1, -0.05) is 31.1 Å². The van der Waals surface area contributed by atoms with Gasteiger partial charge in [-0.15, -0.1) is 11.3 Å². The van der Waals surface area contributed by atoms with E-state index in [0.717, 1.165) is 33.0 Å². The van der Waals surface area contributed by atoms with Crippen LogP contribution in [-0.2, 0) is 10.0 Å². The van der Waals surface area contributed by atoms with Gasteiger partial charge < -0.3 is 4.52 Å². The summed E-state index contributed by atoms with van der Waals surface area (Å²) < 4.78 is 33.4. The predicted molar refractivity (Wildman–Crippen MR) is 101 cm³/mol. The zero-order valence-electron chi connectivity index (χ0n) is 14.5. The highest BCUT2D eigenvalue weighted by molar-refractivity contribution is 7.94. The minimum Gasteiger partial charge on any atom is -0.355 e. The third-order valence-electron chi connectivity index (χ3n) is 4.06. The SMILES string of the molecule is Cc1noc(-c2ccc(S(=O)(=O)Nc3ccc(C(C)C)cc3)s2)c1C. The lowest BCUT2D eigenvalue weighted by Crippen LogP contribution is -2.11. The highest BCUT2D eigenvalue weighted by Gasteiger charge is 2.20. The van der Waals surface area contributed by atoms with Crippen LogP contribution in [0.4, 0.5) is 5.69 Å².